The van der Waals surface area contributed by atoms with Gasteiger partial charge < -0.3 is 10.1 Å². The Balaban J connectivity index is 3.02. The molecule has 0 saturated heterocycles. The van der Waals surface area contributed by atoms with Crippen LogP contribution < -0.4 is 10.0 Å². The van der Waals surface area contributed by atoms with Crippen LogP contribution in [0.5, 0.6) is 0 Å². The molecule has 0 spiro atoms. The van der Waals surface area contributed by atoms with E-state index in [0.29, 0.717) is 24.3 Å². The molecule has 0 saturated carbocycles. The van der Waals surface area contributed by atoms with Gasteiger partial charge in [0.25, 0.3) is 5.91 Å². The lowest BCUT2D eigenvalue weighted by atomic mass is 10.1. The van der Waals surface area contributed by atoms with Crippen molar-refractivity contribution in [1.82, 2.24) is 10.0 Å². The lowest BCUT2D eigenvalue weighted by Gasteiger charge is -2.12. The van der Waals surface area contributed by atoms with Crippen molar-refractivity contribution in [2.45, 2.75) is 31.7 Å². The maximum Gasteiger partial charge on any atom is 0.251 e. The molecule has 1 aromatic rings. The standard InChI is InChI=1S/C14H22N2O4S/c1-10(2)16-21(18,19)12-6-5-11(3)13(9-12)14(17)15-7-8-20-4/h5-6,9-10,16H,7-8H2,1-4H3,(H,15,17). The third-order valence-electron chi connectivity index (χ3n) is 2.75. The number of methoxy groups -OCH3 is 1. The molecule has 21 heavy (non-hydrogen) atoms. The summed E-state index contributed by atoms with van der Waals surface area (Å²) >= 11 is 0. The number of benzene rings is 1. The summed E-state index contributed by atoms with van der Waals surface area (Å²) in [4.78, 5) is 12.1. The molecular formula is C14H22N2O4S. The third-order valence-corrected chi connectivity index (χ3v) is 4.40. The van der Waals surface area contributed by atoms with E-state index in [1.807, 2.05) is 0 Å². The molecule has 2 N–H and O–H groups in total. The van der Waals surface area contributed by atoms with Crippen molar-refractivity contribution >= 4 is 15.9 Å². The SMILES string of the molecule is COCCNC(=O)c1cc(S(=O)(=O)NC(C)C)ccc1C. The van der Waals surface area contributed by atoms with Crippen LogP contribution in [0.15, 0.2) is 23.1 Å². The molecule has 118 valence electrons. The molecule has 0 heterocycles. The lowest BCUT2D eigenvalue weighted by Crippen LogP contribution is -2.31. The van der Waals surface area contributed by atoms with E-state index in [1.165, 1.54) is 12.1 Å². The summed E-state index contributed by atoms with van der Waals surface area (Å²) < 4.78 is 31.6. The van der Waals surface area contributed by atoms with Crippen molar-refractivity contribution in [3.63, 3.8) is 0 Å². The van der Waals surface area contributed by atoms with Crippen LogP contribution in [0.1, 0.15) is 29.8 Å². The number of hydrogen-bond acceptors (Lipinski definition) is 4. The van der Waals surface area contributed by atoms with E-state index < -0.39 is 10.0 Å². The highest BCUT2D eigenvalue weighted by molar-refractivity contribution is 7.89. The van der Waals surface area contributed by atoms with Gasteiger partial charge >= 0.3 is 0 Å². The van der Waals surface area contributed by atoms with Crippen LogP contribution in [0.2, 0.25) is 0 Å². The molecule has 0 radical (unpaired) electrons. The minimum Gasteiger partial charge on any atom is -0.383 e. The molecule has 1 amide bonds. The Bertz CT molecular complexity index is 597. The van der Waals surface area contributed by atoms with Gasteiger partial charge in [-0.05, 0) is 38.5 Å². The Morgan fingerprint density at radius 1 is 1.33 bits per heavy atom. The molecule has 6 nitrogen and oxygen atoms in total. The van der Waals surface area contributed by atoms with Gasteiger partial charge in [-0.3, -0.25) is 4.79 Å². The molecule has 0 aliphatic carbocycles. The molecular weight excluding hydrogens is 292 g/mol. The first-order chi connectivity index (χ1) is 9.77. The Hall–Kier alpha value is -1.44. The average molecular weight is 314 g/mol. The van der Waals surface area contributed by atoms with Crippen molar-refractivity contribution in [3.05, 3.63) is 29.3 Å². The van der Waals surface area contributed by atoms with Gasteiger partial charge in [0.2, 0.25) is 10.0 Å². The number of ether oxygens (including phenoxy) is 1. The van der Waals surface area contributed by atoms with Gasteiger partial charge in [0, 0.05) is 25.3 Å². The minimum atomic E-state index is -3.61. The maximum absolute atomic E-state index is 12.1. The number of aryl methyl sites for hydroxylation is 1. The summed E-state index contributed by atoms with van der Waals surface area (Å²) in [6.07, 6.45) is 0. The van der Waals surface area contributed by atoms with E-state index >= 15 is 0 Å². The first-order valence-corrected chi connectivity index (χ1v) is 8.16. The van der Waals surface area contributed by atoms with E-state index in [0.717, 1.165) is 0 Å². The van der Waals surface area contributed by atoms with Crippen LogP contribution in [-0.2, 0) is 14.8 Å². The molecule has 0 bridgehead atoms. The fourth-order valence-electron chi connectivity index (χ4n) is 1.75. The molecule has 0 atom stereocenters. The summed E-state index contributed by atoms with van der Waals surface area (Å²) in [5.41, 5.74) is 1.06. The van der Waals surface area contributed by atoms with Crippen molar-refractivity contribution in [3.8, 4) is 0 Å². The number of amides is 1. The summed E-state index contributed by atoms with van der Waals surface area (Å²) in [5.74, 6) is -0.314. The van der Waals surface area contributed by atoms with E-state index in [9.17, 15) is 13.2 Å². The van der Waals surface area contributed by atoms with Crippen LogP contribution in [0.4, 0.5) is 0 Å². The molecule has 1 rings (SSSR count). The number of carbonyl (C=O) groups excluding carboxylic acids is 1. The average Bonchev–Trinajstić information content (AvgIpc) is 2.37. The zero-order valence-electron chi connectivity index (χ0n) is 12.8. The molecule has 1 aromatic carbocycles. The molecule has 0 aliphatic heterocycles. The number of sulfonamides is 1. The Labute approximate surface area is 125 Å². The summed E-state index contributed by atoms with van der Waals surface area (Å²) in [5, 5.41) is 2.68. The van der Waals surface area contributed by atoms with Gasteiger partial charge in [-0.1, -0.05) is 6.07 Å². The van der Waals surface area contributed by atoms with Crippen LogP contribution >= 0.6 is 0 Å². The van der Waals surface area contributed by atoms with Gasteiger partial charge in [0.05, 0.1) is 11.5 Å². The van der Waals surface area contributed by atoms with E-state index in [2.05, 4.69) is 10.0 Å². The second kappa shape index (κ2) is 7.53. The van der Waals surface area contributed by atoms with Crippen molar-refractivity contribution in [2.24, 2.45) is 0 Å². The maximum atomic E-state index is 12.1. The van der Waals surface area contributed by atoms with Crippen LogP contribution in [0.25, 0.3) is 0 Å². The normalized spacial score (nSPS) is 11.7. The smallest absolute Gasteiger partial charge is 0.251 e. The topological polar surface area (TPSA) is 84.5 Å². The predicted octanol–water partition coefficient (Wildman–Crippen LogP) is 1.06. The quantitative estimate of drug-likeness (QED) is 0.737. The largest absolute Gasteiger partial charge is 0.383 e. The highest BCUT2D eigenvalue weighted by Gasteiger charge is 2.18. The molecule has 0 aliphatic rings. The van der Waals surface area contributed by atoms with Gasteiger partial charge in [0.15, 0.2) is 0 Å². The summed E-state index contributed by atoms with van der Waals surface area (Å²) in [6.45, 7) is 6.01. The number of hydrogen-bond donors (Lipinski definition) is 2. The second-order valence-electron chi connectivity index (χ2n) is 5.00. The van der Waals surface area contributed by atoms with Gasteiger partial charge in [-0.2, -0.15) is 0 Å². The fraction of sp³-hybridized carbons (Fsp3) is 0.500. The Morgan fingerprint density at radius 2 is 2.00 bits per heavy atom. The monoisotopic (exact) mass is 314 g/mol. The van der Waals surface area contributed by atoms with Gasteiger partial charge in [-0.25, -0.2) is 13.1 Å². The zero-order chi connectivity index (χ0) is 16.0. The fourth-order valence-corrected chi connectivity index (χ4v) is 3.03. The van der Waals surface area contributed by atoms with E-state index in [-0.39, 0.29) is 16.8 Å². The predicted molar refractivity (Wildman–Crippen MR) is 80.8 cm³/mol. The van der Waals surface area contributed by atoms with Crippen molar-refractivity contribution in [2.75, 3.05) is 20.3 Å². The summed E-state index contributed by atoms with van der Waals surface area (Å²) in [7, 11) is -2.07. The summed E-state index contributed by atoms with van der Waals surface area (Å²) in [6, 6.07) is 4.30. The molecule has 0 unspecified atom stereocenters. The minimum absolute atomic E-state index is 0.0821. The second-order valence-corrected chi connectivity index (χ2v) is 6.72. The van der Waals surface area contributed by atoms with Gasteiger partial charge in [-0.15, -0.1) is 0 Å². The van der Waals surface area contributed by atoms with Crippen molar-refractivity contribution in [1.29, 1.82) is 0 Å². The number of nitrogens with one attached hydrogen (secondary N) is 2. The molecule has 0 aromatic heterocycles. The van der Waals surface area contributed by atoms with Crippen LogP contribution in [0, 0.1) is 6.92 Å². The van der Waals surface area contributed by atoms with E-state index in [4.69, 9.17) is 4.74 Å². The Morgan fingerprint density at radius 3 is 2.57 bits per heavy atom. The van der Waals surface area contributed by atoms with Crippen LogP contribution in [0.3, 0.4) is 0 Å². The highest BCUT2D eigenvalue weighted by Crippen LogP contribution is 2.16. The number of rotatable bonds is 7. The van der Waals surface area contributed by atoms with Crippen molar-refractivity contribution < 1.29 is 17.9 Å². The van der Waals surface area contributed by atoms with E-state index in [1.54, 1.807) is 33.9 Å². The lowest BCUT2D eigenvalue weighted by molar-refractivity contribution is 0.0936. The molecule has 7 heteroatoms. The first kappa shape index (κ1) is 17.6. The van der Waals surface area contributed by atoms with Crippen LogP contribution in [-0.4, -0.2) is 40.6 Å². The van der Waals surface area contributed by atoms with Gasteiger partial charge in [0.1, 0.15) is 0 Å². The zero-order valence-corrected chi connectivity index (χ0v) is 13.6. The molecule has 0 fully saturated rings. The Kier molecular flexibility index (Phi) is 6.32. The third kappa shape index (κ3) is 5.11. The first-order valence-electron chi connectivity index (χ1n) is 6.68. The highest BCUT2D eigenvalue weighted by atomic mass is 32.2. The number of carbonyl (C=O) groups is 1.